The molecule has 2 aliphatic rings. The van der Waals surface area contributed by atoms with Crippen molar-refractivity contribution in [2.45, 2.75) is 44.2 Å². The zero-order valence-corrected chi connectivity index (χ0v) is 10.2. The number of carboxylic acids is 1. The van der Waals surface area contributed by atoms with Gasteiger partial charge in [0, 0.05) is 18.4 Å². The predicted molar refractivity (Wildman–Crippen MR) is 66.3 cm³/mol. The summed E-state index contributed by atoms with van der Waals surface area (Å²) in [6.07, 6.45) is 8.69. The van der Waals surface area contributed by atoms with Crippen molar-refractivity contribution in [1.82, 2.24) is 9.97 Å². The van der Waals surface area contributed by atoms with Crippen LogP contribution in [0.4, 0.5) is 5.95 Å². The second-order valence-electron chi connectivity index (χ2n) is 5.16. The molecule has 5 nitrogen and oxygen atoms in total. The van der Waals surface area contributed by atoms with Crippen LogP contribution in [-0.4, -0.2) is 33.1 Å². The molecule has 5 heteroatoms. The molecular formula is C13H17N3O2. The maximum Gasteiger partial charge on any atom is 0.326 e. The Bertz CT molecular complexity index is 437. The van der Waals surface area contributed by atoms with E-state index in [9.17, 15) is 9.90 Å². The second kappa shape index (κ2) is 4.55. The molecule has 96 valence electrons. The highest BCUT2D eigenvalue weighted by molar-refractivity contribution is 5.78. The summed E-state index contributed by atoms with van der Waals surface area (Å²) < 4.78 is 0. The minimum atomic E-state index is -0.753. The number of carbonyl (C=O) groups is 1. The first-order valence-corrected chi connectivity index (χ1v) is 6.55. The smallest absolute Gasteiger partial charge is 0.326 e. The lowest BCUT2D eigenvalue weighted by atomic mass is 9.85. The van der Waals surface area contributed by atoms with Gasteiger partial charge in [-0.2, -0.15) is 0 Å². The van der Waals surface area contributed by atoms with E-state index in [1.165, 1.54) is 12.8 Å². The highest BCUT2D eigenvalue weighted by Gasteiger charge is 2.46. The molecule has 2 fully saturated rings. The number of rotatable bonds is 2. The van der Waals surface area contributed by atoms with Crippen LogP contribution in [0.2, 0.25) is 0 Å². The fraction of sp³-hybridized carbons (Fsp3) is 0.615. The van der Waals surface area contributed by atoms with Gasteiger partial charge in [0.1, 0.15) is 6.04 Å². The first-order valence-electron chi connectivity index (χ1n) is 6.55. The molecule has 3 atom stereocenters. The van der Waals surface area contributed by atoms with Crippen LogP contribution in [-0.2, 0) is 4.79 Å². The van der Waals surface area contributed by atoms with Crippen LogP contribution < -0.4 is 4.90 Å². The van der Waals surface area contributed by atoms with Gasteiger partial charge in [-0.3, -0.25) is 0 Å². The van der Waals surface area contributed by atoms with Crippen molar-refractivity contribution < 1.29 is 9.90 Å². The van der Waals surface area contributed by atoms with Crippen LogP contribution in [0.3, 0.4) is 0 Å². The second-order valence-corrected chi connectivity index (χ2v) is 5.16. The zero-order chi connectivity index (χ0) is 12.5. The van der Waals surface area contributed by atoms with Crippen LogP contribution >= 0.6 is 0 Å². The standard InChI is InChI=1S/C13H17N3O2/c17-12(18)11-8-9-4-1-2-5-10(9)16(11)13-14-6-3-7-15-13/h3,6-7,9-11H,1-2,4-5,8H2,(H,17,18)/t9-,10-,11+/m0/s1. The van der Waals surface area contributed by atoms with Gasteiger partial charge in [0.25, 0.3) is 0 Å². The van der Waals surface area contributed by atoms with Gasteiger partial charge in [-0.25, -0.2) is 14.8 Å². The highest BCUT2D eigenvalue weighted by Crippen LogP contribution is 2.41. The number of aromatic nitrogens is 2. The molecule has 1 aliphatic carbocycles. The predicted octanol–water partition coefficient (Wildman–Crippen LogP) is 1.70. The van der Waals surface area contributed by atoms with Crippen molar-refractivity contribution in [3.05, 3.63) is 18.5 Å². The van der Waals surface area contributed by atoms with Crippen LogP contribution in [0.5, 0.6) is 0 Å². The van der Waals surface area contributed by atoms with E-state index in [1.54, 1.807) is 18.5 Å². The van der Waals surface area contributed by atoms with Crippen molar-refractivity contribution >= 4 is 11.9 Å². The Balaban J connectivity index is 1.94. The van der Waals surface area contributed by atoms with Crippen molar-refractivity contribution in [1.29, 1.82) is 0 Å². The molecule has 0 bridgehead atoms. The molecule has 0 aromatic carbocycles. The molecule has 1 aromatic heterocycles. The van der Waals surface area contributed by atoms with Crippen molar-refractivity contribution in [3.63, 3.8) is 0 Å². The van der Waals surface area contributed by atoms with Crippen LogP contribution in [0, 0.1) is 5.92 Å². The topological polar surface area (TPSA) is 66.3 Å². The van der Waals surface area contributed by atoms with E-state index in [1.807, 2.05) is 4.90 Å². The SMILES string of the molecule is O=C(O)[C@H]1C[C@@H]2CCCC[C@@H]2N1c1ncccn1. The number of hydrogen-bond acceptors (Lipinski definition) is 4. The Morgan fingerprint density at radius 3 is 2.72 bits per heavy atom. The van der Waals surface area contributed by atoms with Gasteiger partial charge in [0.2, 0.25) is 5.95 Å². The number of carboxylic acid groups (broad SMARTS) is 1. The summed E-state index contributed by atoms with van der Waals surface area (Å²) in [5.74, 6) is 0.305. The normalized spacial score (nSPS) is 31.1. The zero-order valence-electron chi connectivity index (χ0n) is 10.2. The third-order valence-electron chi connectivity index (χ3n) is 4.16. The van der Waals surface area contributed by atoms with Gasteiger partial charge in [0.05, 0.1) is 0 Å². The van der Waals surface area contributed by atoms with E-state index in [0.717, 1.165) is 19.3 Å². The number of hydrogen-bond donors (Lipinski definition) is 1. The van der Waals surface area contributed by atoms with Gasteiger partial charge in [0.15, 0.2) is 0 Å². The third-order valence-corrected chi connectivity index (χ3v) is 4.16. The van der Waals surface area contributed by atoms with E-state index in [2.05, 4.69) is 9.97 Å². The molecule has 2 heterocycles. The van der Waals surface area contributed by atoms with Crippen molar-refractivity contribution in [2.75, 3.05) is 4.90 Å². The lowest BCUT2D eigenvalue weighted by Gasteiger charge is -2.32. The van der Waals surface area contributed by atoms with E-state index >= 15 is 0 Å². The molecule has 1 aromatic rings. The fourth-order valence-corrected chi connectivity index (χ4v) is 3.39. The molecule has 1 aliphatic heterocycles. The van der Waals surface area contributed by atoms with Crippen LogP contribution in [0.1, 0.15) is 32.1 Å². The maximum absolute atomic E-state index is 11.4. The largest absolute Gasteiger partial charge is 0.480 e. The van der Waals surface area contributed by atoms with Crippen LogP contribution in [0.15, 0.2) is 18.5 Å². The lowest BCUT2D eigenvalue weighted by molar-refractivity contribution is -0.138. The molecule has 0 unspecified atom stereocenters. The van der Waals surface area contributed by atoms with E-state index in [-0.39, 0.29) is 0 Å². The van der Waals surface area contributed by atoms with Crippen molar-refractivity contribution in [2.24, 2.45) is 5.92 Å². The lowest BCUT2D eigenvalue weighted by Crippen LogP contribution is -2.43. The minimum Gasteiger partial charge on any atom is -0.480 e. The Hall–Kier alpha value is -1.65. The molecule has 18 heavy (non-hydrogen) atoms. The summed E-state index contributed by atoms with van der Waals surface area (Å²) in [5, 5.41) is 9.39. The van der Waals surface area contributed by atoms with Gasteiger partial charge in [-0.1, -0.05) is 12.8 Å². The van der Waals surface area contributed by atoms with E-state index in [0.29, 0.717) is 17.9 Å². The Morgan fingerprint density at radius 2 is 2.00 bits per heavy atom. The summed E-state index contributed by atoms with van der Waals surface area (Å²) in [4.78, 5) is 21.8. The average Bonchev–Trinajstić information content (AvgIpc) is 2.79. The number of nitrogens with zero attached hydrogens (tertiary/aromatic N) is 3. The summed E-state index contributed by atoms with van der Waals surface area (Å²) in [5.41, 5.74) is 0. The molecule has 1 N–H and O–H groups in total. The van der Waals surface area contributed by atoms with Gasteiger partial charge in [-0.15, -0.1) is 0 Å². The minimum absolute atomic E-state index is 0.308. The summed E-state index contributed by atoms with van der Waals surface area (Å²) in [6.45, 7) is 0. The number of anilines is 1. The van der Waals surface area contributed by atoms with Gasteiger partial charge >= 0.3 is 5.97 Å². The maximum atomic E-state index is 11.4. The van der Waals surface area contributed by atoms with E-state index < -0.39 is 12.0 Å². The number of fused-ring (bicyclic) bond motifs is 1. The monoisotopic (exact) mass is 247 g/mol. The van der Waals surface area contributed by atoms with E-state index in [4.69, 9.17) is 0 Å². The van der Waals surface area contributed by atoms with Crippen molar-refractivity contribution in [3.8, 4) is 0 Å². The fourth-order valence-electron chi connectivity index (χ4n) is 3.39. The van der Waals surface area contributed by atoms with Gasteiger partial charge < -0.3 is 10.0 Å². The molecule has 0 spiro atoms. The quantitative estimate of drug-likeness (QED) is 0.861. The molecular weight excluding hydrogens is 230 g/mol. The molecule has 1 saturated heterocycles. The van der Waals surface area contributed by atoms with Crippen LogP contribution in [0.25, 0.3) is 0 Å². The molecule has 1 saturated carbocycles. The Morgan fingerprint density at radius 1 is 1.28 bits per heavy atom. The molecule has 0 radical (unpaired) electrons. The Kier molecular flexibility index (Phi) is 2.89. The molecule has 3 rings (SSSR count). The van der Waals surface area contributed by atoms with Gasteiger partial charge in [-0.05, 0) is 31.2 Å². The summed E-state index contributed by atoms with van der Waals surface area (Å²) in [7, 11) is 0. The first-order chi connectivity index (χ1) is 8.77. The first kappa shape index (κ1) is 11.4. The summed E-state index contributed by atoms with van der Waals surface area (Å²) >= 11 is 0. The average molecular weight is 247 g/mol. The number of aliphatic carboxylic acids is 1. The summed E-state index contributed by atoms with van der Waals surface area (Å²) in [6, 6.07) is 1.61. The molecule has 0 amide bonds. The third kappa shape index (κ3) is 1.83. The Labute approximate surface area is 106 Å². The highest BCUT2D eigenvalue weighted by atomic mass is 16.4.